The van der Waals surface area contributed by atoms with Crippen molar-refractivity contribution < 1.29 is 24.0 Å². The standard InChI is InChI=1S/C18H25NO6/c1-3-4-5-8-14(2)24-17(20)11-7-12-18(21)25-16-10-6-9-15(13-16)19(22)23/h6,9-10,13-14H,3-5,7-8,11-12H2,1-2H3. The Balaban J connectivity index is 2.27. The van der Waals surface area contributed by atoms with Gasteiger partial charge >= 0.3 is 11.9 Å². The van der Waals surface area contributed by atoms with Crippen molar-refractivity contribution in [3.63, 3.8) is 0 Å². The molecule has 0 aliphatic carbocycles. The van der Waals surface area contributed by atoms with Gasteiger partial charge in [-0.1, -0.05) is 25.8 Å². The Morgan fingerprint density at radius 2 is 1.88 bits per heavy atom. The van der Waals surface area contributed by atoms with Crippen LogP contribution in [-0.2, 0) is 14.3 Å². The van der Waals surface area contributed by atoms with Crippen LogP contribution in [0.2, 0.25) is 0 Å². The lowest BCUT2D eigenvalue weighted by Gasteiger charge is -2.12. The summed E-state index contributed by atoms with van der Waals surface area (Å²) in [5.41, 5.74) is -0.147. The number of esters is 2. The summed E-state index contributed by atoms with van der Waals surface area (Å²) in [7, 11) is 0. The van der Waals surface area contributed by atoms with Crippen molar-refractivity contribution in [1.29, 1.82) is 0 Å². The number of non-ortho nitro benzene ring substituents is 1. The molecule has 0 aliphatic heterocycles. The number of carbonyl (C=O) groups is 2. The molecular weight excluding hydrogens is 326 g/mol. The first kappa shape index (κ1) is 20.6. The van der Waals surface area contributed by atoms with Gasteiger partial charge in [-0.25, -0.2) is 0 Å². The van der Waals surface area contributed by atoms with Crippen LogP contribution in [-0.4, -0.2) is 23.0 Å². The largest absolute Gasteiger partial charge is 0.463 e. The predicted molar refractivity (Wildman–Crippen MR) is 92.3 cm³/mol. The lowest BCUT2D eigenvalue weighted by Crippen LogP contribution is -2.15. The molecule has 0 spiro atoms. The molecule has 0 aromatic heterocycles. The highest BCUT2D eigenvalue weighted by molar-refractivity contribution is 5.74. The number of nitro benzene ring substituents is 1. The highest BCUT2D eigenvalue weighted by atomic mass is 16.6. The lowest BCUT2D eigenvalue weighted by molar-refractivity contribution is -0.384. The number of rotatable bonds is 11. The molecule has 0 heterocycles. The minimum atomic E-state index is -0.560. The van der Waals surface area contributed by atoms with Crippen LogP contribution in [0.4, 0.5) is 5.69 Å². The third-order valence-corrected chi connectivity index (χ3v) is 3.57. The summed E-state index contributed by atoms with van der Waals surface area (Å²) in [6.45, 7) is 3.98. The van der Waals surface area contributed by atoms with Crippen molar-refractivity contribution in [2.75, 3.05) is 0 Å². The second-order valence-corrected chi connectivity index (χ2v) is 5.88. The first-order valence-corrected chi connectivity index (χ1v) is 8.57. The van der Waals surface area contributed by atoms with E-state index >= 15 is 0 Å². The summed E-state index contributed by atoms with van der Waals surface area (Å²) < 4.78 is 10.3. The molecule has 138 valence electrons. The van der Waals surface area contributed by atoms with Gasteiger partial charge in [-0.3, -0.25) is 19.7 Å². The molecule has 0 radical (unpaired) electrons. The van der Waals surface area contributed by atoms with Gasteiger partial charge in [0.1, 0.15) is 5.75 Å². The van der Waals surface area contributed by atoms with Crippen LogP contribution in [0.15, 0.2) is 24.3 Å². The molecule has 0 fully saturated rings. The smallest absolute Gasteiger partial charge is 0.311 e. The average molecular weight is 351 g/mol. The van der Waals surface area contributed by atoms with Gasteiger partial charge in [0.25, 0.3) is 5.69 Å². The van der Waals surface area contributed by atoms with Crippen LogP contribution in [0.1, 0.15) is 58.8 Å². The molecule has 1 aromatic rings. The topological polar surface area (TPSA) is 95.7 Å². The average Bonchev–Trinajstić information content (AvgIpc) is 2.55. The Hall–Kier alpha value is -2.44. The molecular formula is C18H25NO6. The van der Waals surface area contributed by atoms with E-state index in [0.29, 0.717) is 6.42 Å². The predicted octanol–water partition coefficient (Wildman–Crippen LogP) is 4.18. The summed E-state index contributed by atoms with van der Waals surface area (Å²) in [4.78, 5) is 33.5. The van der Waals surface area contributed by atoms with Crippen LogP contribution >= 0.6 is 0 Å². The number of nitro groups is 1. The second-order valence-electron chi connectivity index (χ2n) is 5.88. The Kier molecular flexibility index (Phi) is 9.21. The molecule has 0 aliphatic rings. The molecule has 0 bridgehead atoms. The van der Waals surface area contributed by atoms with E-state index in [9.17, 15) is 19.7 Å². The van der Waals surface area contributed by atoms with Crippen LogP contribution in [0.25, 0.3) is 0 Å². The number of benzene rings is 1. The first-order valence-electron chi connectivity index (χ1n) is 8.57. The zero-order chi connectivity index (χ0) is 18.7. The van der Waals surface area contributed by atoms with Gasteiger partial charge in [0, 0.05) is 18.9 Å². The number of unbranched alkanes of at least 4 members (excludes halogenated alkanes) is 2. The van der Waals surface area contributed by atoms with Crippen molar-refractivity contribution in [2.45, 2.75) is 64.9 Å². The molecule has 1 rings (SSSR count). The molecule has 7 nitrogen and oxygen atoms in total. The molecule has 1 atom stereocenters. The zero-order valence-corrected chi connectivity index (χ0v) is 14.7. The van der Waals surface area contributed by atoms with E-state index in [4.69, 9.17) is 9.47 Å². The number of ether oxygens (including phenoxy) is 2. The van der Waals surface area contributed by atoms with Gasteiger partial charge in [-0.05, 0) is 32.3 Å². The molecule has 25 heavy (non-hydrogen) atoms. The van der Waals surface area contributed by atoms with Crippen molar-refractivity contribution in [3.05, 3.63) is 34.4 Å². The number of hydrogen-bond donors (Lipinski definition) is 0. The van der Waals surface area contributed by atoms with Crippen molar-refractivity contribution in [1.82, 2.24) is 0 Å². The first-order chi connectivity index (χ1) is 11.9. The third-order valence-electron chi connectivity index (χ3n) is 3.57. The van der Waals surface area contributed by atoms with Crippen LogP contribution < -0.4 is 4.74 Å². The fourth-order valence-electron chi connectivity index (χ4n) is 2.24. The maximum atomic E-state index is 11.7. The molecule has 1 aromatic carbocycles. The highest BCUT2D eigenvalue weighted by Crippen LogP contribution is 2.19. The molecule has 0 amide bonds. The summed E-state index contributed by atoms with van der Waals surface area (Å²) in [5.74, 6) is -0.747. The fraction of sp³-hybridized carbons (Fsp3) is 0.556. The zero-order valence-electron chi connectivity index (χ0n) is 14.7. The SMILES string of the molecule is CCCCCC(C)OC(=O)CCCC(=O)Oc1cccc([N+](=O)[O-])c1. The van der Waals surface area contributed by atoms with Crippen molar-refractivity contribution in [2.24, 2.45) is 0 Å². The monoisotopic (exact) mass is 351 g/mol. The normalized spacial score (nSPS) is 11.6. The Morgan fingerprint density at radius 1 is 1.16 bits per heavy atom. The van der Waals surface area contributed by atoms with E-state index < -0.39 is 10.9 Å². The molecule has 0 N–H and O–H groups in total. The Morgan fingerprint density at radius 3 is 2.56 bits per heavy atom. The quantitative estimate of drug-likeness (QED) is 0.195. The van der Waals surface area contributed by atoms with Gasteiger partial charge in [0.15, 0.2) is 0 Å². The molecule has 0 saturated heterocycles. The van der Waals surface area contributed by atoms with E-state index in [-0.39, 0.29) is 36.4 Å². The molecule has 1 unspecified atom stereocenters. The van der Waals surface area contributed by atoms with Gasteiger partial charge < -0.3 is 9.47 Å². The Labute approximate surface area is 147 Å². The summed E-state index contributed by atoms with van der Waals surface area (Å²) in [6, 6.07) is 5.41. The Bertz CT molecular complexity index is 587. The van der Waals surface area contributed by atoms with E-state index in [0.717, 1.165) is 25.7 Å². The summed E-state index contributed by atoms with van der Waals surface area (Å²) >= 11 is 0. The maximum Gasteiger partial charge on any atom is 0.311 e. The van der Waals surface area contributed by atoms with E-state index in [1.165, 1.54) is 24.3 Å². The molecule has 7 heteroatoms. The highest BCUT2D eigenvalue weighted by Gasteiger charge is 2.13. The van der Waals surface area contributed by atoms with E-state index in [1.54, 1.807) is 0 Å². The van der Waals surface area contributed by atoms with E-state index in [2.05, 4.69) is 6.92 Å². The van der Waals surface area contributed by atoms with E-state index in [1.807, 2.05) is 6.92 Å². The van der Waals surface area contributed by atoms with Gasteiger partial charge in [-0.2, -0.15) is 0 Å². The van der Waals surface area contributed by atoms with Crippen molar-refractivity contribution in [3.8, 4) is 5.75 Å². The van der Waals surface area contributed by atoms with Crippen LogP contribution in [0.5, 0.6) is 5.75 Å². The van der Waals surface area contributed by atoms with Crippen LogP contribution in [0, 0.1) is 10.1 Å². The van der Waals surface area contributed by atoms with Gasteiger partial charge in [0.05, 0.1) is 17.1 Å². The summed E-state index contributed by atoms with van der Waals surface area (Å²) in [6.07, 6.45) is 4.49. The van der Waals surface area contributed by atoms with Crippen molar-refractivity contribution >= 4 is 17.6 Å². The lowest BCUT2D eigenvalue weighted by atomic mass is 10.1. The number of hydrogen-bond acceptors (Lipinski definition) is 6. The van der Waals surface area contributed by atoms with Gasteiger partial charge in [-0.15, -0.1) is 0 Å². The number of carbonyl (C=O) groups excluding carboxylic acids is 2. The minimum absolute atomic E-state index is 0.0437. The maximum absolute atomic E-state index is 11.7. The van der Waals surface area contributed by atoms with Gasteiger partial charge in [0.2, 0.25) is 0 Å². The minimum Gasteiger partial charge on any atom is -0.463 e. The third kappa shape index (κ3) is 8.83. The van der Waals surface area contributed by atoms with Crippen LogP contribution in [0.3, 0.4) is 0 Å². The second kappa shape index (κ2) is 11.2. The fourth-order valence-corrected chi connectivity index (χ4v) is 2.24. The number of nitrogens with zero attached hydrogens (tertiary/aromatic N) is 1. The molecule has 0 saturated carbocycles. The summed E-state index contributed by atoms with van der Waals surface area (Å²) in [5, 5.41) is 10.7.